The van der Waals surface area contributed by atoms with E-state index in [1.165, 1.54) is 19.2 Å². The molecule has 5 aromatic carbocycles. The van der Waals surface area contributed by atoms with E-state index in [4.69, 9.17) is 13.9 Å². The molecule has 0 spiro atoms. The molecule has 0 amide bonds. The minimum Gasteiger partial charge on any atom is -0.478 e. The second-order valence-corrected chi connectivity index (χ2v) is 10.1. The van der Waals surface area contributed by atoms with Gasteiger partial charge in [0.25, 0.3) is 0 Å². The lowest BCUT2D eigenvalue weighted by Crippen LogP contribution is -2.30. The standard InChI is InChI=1S/C37H29FO4/c1-40-37(39)35(24-25-7-3-2-4-8-25)41-31-21-17-28(18-22-31)27-13-15-29(16-14-27)36-32-9-5-6-10-33(32)42-34(36)23-26-11-19-30(38)20-12-26/h2-22,35H,23-24H2,1H3/t35-/m0/s1. The number of ether oxygens (including phenoxy) is 2. The van der Waals surface area contributed by atoms with Crippen LogP contribution in [0.4, 0.5) is 4.39 Å². The van der Waals surface area contributed by atoms with Gasteiger partial charge in [-0.2, -0.15) is 0 Å². The fraction of sp³-hybridized carbons (Fsp3) is 0.108. The third-order valence-electron chi connectivity index (χ3n) is 7.31. The summed E-state index contributed by atoms with van der Waals surface area (Å²) in [6, 6.07) is 40.3. The van der Waals surface area contributed by atoms with Crippen molar-refractivity contribution in [1.82, 2.24) is 0 Å². The highest BCUT2D eigenvalue weighted by atomic mass is 19.1. The van der Waals surface area contributed by atoms with Crippen molar-refractivity contribution in [2.45, 2.75) is 18.9 Å². The minimum absolute atomic E-state index is 0.255. The van der Waals surface area contributed by atoms with E-state index in [1.807, 2.05) is 72.8 Å². The summed E-state index contributed by atoms with van der Waals surface area (Å²) in [5, 5.41) is 1.04. The molecule has 1 aromatic heterocycles. The molecule has 1 atom stereocenters. The number of hydrogen-bond donors (Lipinski definition) is 0. The van der Waals surface area contributed by atoms with E-state index < -0.39 is 12.1 Å². The molecule has 5 heteroatoms. The lowest BCUT2D eigenvalue weighted by Gasteiger charge is -2.17. The van der Waals surface area contributed by atoms with Gasteiger partial charge in [0.2, 0.25) is 0 Å². The molecule has 0 aliphatic carbocycles. The summed E-state index contributed by atoms with van der Waals surface area (Å²) in [5.74, 6) is 0.767. The van der Waals surface area contributed by atoms with E-state index in [-0.39, 0.29) is 5.82 Å². The lowest BCUT2D eigenvalue weighted by molar-refractivity contribution is -0.148. The van der Waals surface area contributed by atoms with Crippen LogP contribution in [-0.4, -0.2) is 19.2 Å². The molecule has 0 N–H and O–H groups in total. The number of methoxy groups -OCH3 is 1. The van der Waals surface area contributed by atoms with Gasteiger partial charge >= 0.3 is 5.97 Å². The maximum atomic E-state index is 13.5. The first kappa shape index (κ1) is 27.0. The van der Waals surface area contributed by atoms with Crippen molar-refractivity contribution >= 4 is 16.9 Å². The van der Waals surface area contributed by atoms with Crippen LogP contribution >= 0.6 is 0 Å². The Balaban J connectivity index is 1.23. The van der Waals surface area contributed by atoms with Crippen molar-refractivity contribution in [1.29, 1.82) is 0 Å². The molecule has 0 unspecified atom stereocenters. The highest BCUT2D eigenvalue weighted by Crippen LogP contribution is 2.37. The molecular formula is C37H29FO4. The Labute approximate surface area is 244 Å². The Hall–Kier alpha value is -5.16. The minimum atomic E-state index is -0.739. The summed E-state index contributed by atoms with van der Waals surface area (Å²) in [4.78, 5) is 12.4. The number of benzene rings is 5. The third-order valence-corrected chi connectivity index (χ3v) is 7.31. The Bertz CT molecular complexity index is 1790. The summed E-state index contributed by atoms with van der Waals surface area (Å²) in [5.41, 5.74) is 6.95. The molecule has 0 radical (unpaired) electrons. The monoisotopic (exact) mass is 556 g/mol. The van der Waals surface area contributed by atoms with E-state index in [0.29, 0.717) is 18.6 Å². The fourth-order valence-corrected chi connectivity index (χ4v) is 5.18. The summed E-state index contributed by atoms with van der Waals surface area (Å²) < 4.78 is 30.8. The van der Waals surface area contributed by atoms with E-state index in [2.05, 4.69) is 30.3 Å². The van der Waals surface area contributed by atoms with Gasteiger partial charge in [0.05, 0.1) is 7.11 Å². The SMILES string of the molecule is COC(=O)[C@H](Cc1ccccc1)Oc1ccc(-c2ccc(-c3c(Cc4ccc(F)cc4)oc4ccccc34)cc2)cc1. The van der Waals surface area contributed by atoms with Crippen LogP contribution in [0.3, 0.4) is 0 Å². The van der Waals surface area contributed by atoms with Crippen molar-refractivity contribution in [2.24, 2.45) is 0 Å². The van der Waals surface area contributed by atoms with Crippen LogP contribution in [-0.2, 0) is 22.4 Å². The molecule has 0 fully saturated rings. The zero-order valence-corrected chi connectivity index (χ0v) is 23.1. The smallest absolute Gasteiger partial charge is 0.347 e. The summed E-state index contributed by atoms with van der Waals surface area (Å²) in [7, 11) is 1.37. The van der Waals surface area contributed by atoms with Crippen LogP contribution in [0.1, 0.15) is 16.9 Å². The third kappa shape index (κ3) is 5.96. The first-order valence-corrected chi connectivity index (χ1v) is 13.8. The van der Waals surface area contributed by atoms with Crippen LogP contribution < -0.4 is 4.74 Å². The van der Waals surface area contributed by atoms with Crippen molar-refractivity contribution in [3.05, 3.63) is 150 Å². The molecule has 0 saturated carbocycles. The molecule has 4 nitrogen and oxygen atoms in total. The largest absolute Gasteiger partial charge is 0.478 e. The quantitative estimate of drug-likeness (QED) is 0.167. The highest BCUT2D eigenvalue weighted by molar-refractivity contribution is 5.96. The number of para-hydroxylation sites is 1. The lowest BCUT2D eigenvalue weighted by atomic mass is 9.96. The van der Waals surface area contributed by atoms with Crippen LogP contribution in [0.5, 0.6) is 5.75 Å². The van der Waals surface area contributed by atoms with Gasteiger partial charge in [-0.3, -0.25) is 0 Å². The Morgan fingerprint density at radius 3 is 2.02 bits per heavy atom. The first-order chi connectivity index (χ1) is 20.6. The van der Waals surface area contributed by atoms with Crippen molar-refractivity contribution < 1.29 is 23.1 Å². The molecule has 0 aliphatic rings. The molecule has 42 heavy (non-hydrogen) atoms. The van der Waals surface area contributed by atoms with Gasteiger partial charge in [0.1, 0.15) is 22.9 Å². The maximum absolute atomic E-state index is 13.5. The Morgan fingerprint density at radius 2 is 1.33 bits per heavy atom. The van der Waals surface area contributed by atoms with Crippen LogP contribution in [0, 0.1) is 5.82 Å². The second-order valence-electron chi connectivity index (χ2n) is 10.1. The van der Waals surface area contributed by atoms with Crippen molar-refractivity contribution in [2.75, 3.05) is 7.11 Å². The number of carbonyl (C=O) groups excluding carboxylic acids is 1. The topological polar surface area (TPSA) is 48.7 Å². The van der Waals surface area contributed by atoms with Gasteiger partial charge in [0.15, 0.2) is 6.10 Å². The molecule has 6 aromatic rings. The number of furan rings is 1. The summed E-state index contributed by atoms with van der Waals surface area (Å²) >= 11 is 0. The van der Waals surface area contributed by atoms with E-state index in [9.17, 15) is 9.18 Å². The van der Waals surface area contributed by atoms with Gasteiger partial charge in [-0.25, -0.2) is 9.18 Å². The predicted octanol–water partition coefficient (Wildman–Crippen LogP) is 8.66. The van der Waals surface area contributed by atoms with Crippen molar-refractivity contribution in [3.8, 4) is 28.0 Å². The number of fused-ring (bicyclic) bond motifs is 1. The zero-order valence-electron chi connectivity index (χ0n) is 23.1. The van der Waals surface area contributed by atoms with Crippen LogP contribution in [0.25, 0.3) is 33.2 Å². The molecular weight excluding hydrogens is 527 g/mol. The average molecular weight is 557 g/mol. The molecule has 1 heterocycles. The zero-order chi connectivity index (χ0) is 28.9. The Kier molecular flexibility index (Phi) is 7.82. The van der Waals surface area contributed by atoms with E-state index in [1.54, 1.807) is 12.1 Å². The number of carbonyl (C=O) groups is 1. The number of rotatable bonds is 9. The Morgan fingerprint density at radius 1 is 0.714 bits per heavy atom. The van der Waals surface area contributed by atoms with Gasteiger partial charge in [0, 0.05) is 23.8 Å². The predicted molar refractivity (Wildman–Crippen MR) is 163 cm³/mol. The number of hydrogen-bond acceptors (Lipinski definition) is 4. The fourth-order valence-electron chi connectivity index (χ4n) is 5.18. The van der Waals surface area contributed by atoms with Crippen LogP contribution in [0.2, 0.25) is 0 Å². The molecule has 208 valence electrons. The number of esters is 1. The van der Waals surface area contributed by atoms with Gasteiger partial charge in [-0.15, -0.1) is 0 Å². The molecule has 0 saturated heterocycles. The van der Waals surface area contributed by atoms with Gasteiger partial charge < -0.3 is 13.9 Å². The van der Waals surface area contributed by atoms with Crippen LogP contribution in [0.15, 0.2) is 132 Å². The summed E-state index contributed by atoms with van der Waals surface area (Å²) in [6.07, 6.45) is 0.240. The first-order valence-electron chi connectivity index (χ1n) is 13.8. The molecule has 0 bridgehead atoms. The van der Waals surface area contributed by atoms with E-state index in [0.717, 1.165) is 50.1 Å². The van der Waals surface area contributed by atoms with Gasteiger partial charge in [-0.1, -0.05) is 97.1 Å². The molecule has 0 aliphatic heterocycles. The average Bonchev–Trinajstić information content (AvgIpc) is 3.40. The normalized spacial score (nSPS) is 11.8. The number of halogens is 1. The van der Waals surface area contributed by atoms with Gasteiger partial charge in [-0.05, 0) is 58.1 Å². The summed E-state index contributed by atoms with van der Waals surface area (Å²) in [6.45, 7) is 0. The van der Waals surface area contributed by atoms with Crippen molar-refractivity contribution in [3.63, 3.8) is 0 Å². The van der Waals surface area contributed by atoms with E-state index >= 15 is 0 Å². The highest BCUT2D eigenvalue weighted by Gasteiger charge is 2.22. The maximum Gasteiger partial charge on any atom is 0.347 e. The second kappa shape index (κ2) is 12.1. The molecule has 6 rings (SSSR count).